The fourth-order valence-corrected chi connectivity index (χ4v) is 3.56. The maximum atomic E-state index is 12.2. The summed E-state index contributed by atoms with van der Waals surface area (Å²) in [6, 6.07) is 10.2. The molecule has 1 aromatic rings. The Morgan fingerprint density at radius 3 is 2.67 bits per heavy atom. The van der Waals surface area contributed by atoms with Crippen LogP contribution in [0.4, 0.5) is 4.79 Å². The molecule has 1 heterocycles. The van der Waals surface area contributed by atoms with Crippen LogP contribution in [-0.4, -0.2) is 30.1 Å². The number of nitrogens with two attached hydrogens (primary N) is 1. The summed E-state index contributed by atoms with van der Waals surface area (Å²) in [5.74, 6) is 0. The maximum Gasteiger partial charge on any atom is 0.410 e. The van der Waals surface area contributed by atoms with Gasteiger partial charge in [0.1, 0.15) is 6.61 Å². The van der Waals surface area contributed by atoms with Crippen molar-refractivity contribution in [1.82, 2.24) is 4.90 Å². The number of carbonyl (C=O) groups is 1. The fraction of sp³-hybridized carbons (Fsp3) is 0.588. The zero-order chi connectivity index (χ0) is 14.7. The van der Waals surface area contributed by atoms with Crippen LogP contribution in [0.1, 0.15) is 37.7 Å². The Morgan fingerprint density at radius 1 is 1.24 bits per heavy atom. The van der Waals surface area contributed by atoms with E-state index in [1.165, 1.54) is 0 Å². The Balaban J connectivity index is 1.50. The molecule has 2 fully saturated rings. The molecule has 1 amide bonds. The van der Waals surface area contributed by atoms with Crippen molar-refractivity contribution in [3.05, 3.63) is 35.9 Å². The summed E-state index contributed by atoms with van der Waals surface area (Å²) in [6.45, 7) is 2.02. The molecule has 4 nitrogen and oxygen atoms in total. The number of nitrogens with zero attached hydrogens (tertiary/aromatic N) is 1. The highest BCUT2D eigenvalue weighted by molar-refractivity contribution is 5.68. The predicted molar refractivity (Wildman–Crippen MR) is 81.7 cm³/mol. The first-order valence-corrected chi connectivity index (χ1v) is 7.88. The van der Waals surface area contributed by atoms with Gasteiger partial charge >= 0.3 is 6.09 Å². The van der Waals surface area contributed by atoms with Crippen LogP contribution in [0.25, 0.3) is 0 Å². The average molecular weight is 288 g/mol. The molecule has 1 aliphatic heterocycles. The van der Waals surface area contributed by atoms with Gasteiger partial charge in [0.15, 0.2) is 0 Å². The number of rotatable bonds is 2. The molecule has 4 heteroatoms. The standard InChI is InChI=1S/C17H24N2O2/c18-15-6-8-17(9-7-15)10-11-19(13-17)16(20)21-12-14-4-2-1-3-5-14/h1-5,15H,6-13,18H2. The summed E-state index contributed by atoms with van der Waals surface area (Å²) in [5.41, 5.74) is 7.33. The predicted octanol–water partition coefficient (Wildman–Crippen LogP) is 2.92. The maximum absolute atomic E-state index is 12.2. The van der Waals surface area contributed by atoms with E-state index in [1.54, 1.807) is 0 Å². The van der Waals surface area contributed by atoms with Crippen molar-refractivity contribution >= 4 is 6.09 Å². The number of hydrogen-bond donors (Lipinski definition) is 1. The summed E-state index contributed by atoms with van der Waals surface area (Å²) in [6.07, 6.45) is 5.40. The number of carbonyl (C=O) groups excluding carboxylic acids is 1. The minimum atomic E-state index is -0.175. The first-order chi connectivity index (χ1) is 10.2. The monoisotopic (exact) mass is 288 g/mol. The Bertz CT molecular complexity index is 481. The molecule has 2 aliphatic rings. The third kappa shape index (κ3) is 3.38. The van der Waals surface area contributed by atoms with E-state index in [4.69, 9.17) is 10.5 Å². The van der Waals surface area contributed by atoms with Gasteiger partial charge in [0.05, 0.1) is 0 Å². The highest BCUT2D eigenvalue weighted by Crippen LogP contribution is 2.43. The fourth-order valence-electron chi connectivity index (χ4n) is 3.56. The van der Waals surface area contributed by atoms with Gasteiger partial charge in [-0.15, -0.1) is 0 Å². The largest absolute Gasteiger partial charge is 0.445 e. The molecular formula is C17H24N2O2. The van der Waals surface area contributed by atoms with Gasteiger partial charge in [-0.25, -0.2) is 4.79 Å². The molecule has 1 spiro atoms. The molecule has 114 valence electrons. The van der Waals surface area contributed by atoms with Gasteiger partial charge in [-0.1, -0.05) is 30.3 Å². The molecule has 1 saturated heterocycles. The summed E-state index contributed by atoms with van der Waals surface area (Å²) in [7, 11) is 0. The zero-order valence-corrected chi connectivity index (χ0v) is 12.5. The van der Waals surface area contributed by atoms with Crippen molar-refractivity contribution < 1.29 is 9.53 Å². The van der Waals surface area contributed by atoms with E-state index in [0.717, 1.165) is 50.8 Å². The summed E-state index contributed by atoms with van der Waals surface area (Å²) < 4.78 is 5.43. The van der Waals surface area contributed by atoms with Crippen LogP contribution in [-0.2, 0) is 11.3 Å². The molecule has 21 heavy (non-hydrogen) atoms. The number of benzene rings is 1. The van der Waals surface area contributed by atoms with Gasteiger partial charge in [-0.2, -0.15) is 0 Å². The van der Waals surface area contributed by atoms with E-state index in [0.29, 0.717) is 18.1 Å². The minimum absolute atomic E-state index is 0.175. The lowest BCUT2D eigenvalue weighted by atomic mass is 9.72. The molecule has 0 unspecified atom stereocenters. The lowest BCUT2D eigenvalue weighted by Crippen LogP contribution is -2.37. The minimum Gasteiger partial charge on any atom is -0.445 e. The van der Waals surface area contributed by atoms with E-state index in [1.807, 2.05) is 35.2 Å². The molecule has 2 N–H and O–H groups in total. The third-order valence-electron chi connectivity index (χ3n) is 4.99. The van der Waals surface area contributed by atoms with Crippen molar-refractivity contribution in [3.8, 4) is 0 Å². The first kappa shape index (κ1) is 14.4. The van der Waals surface area contributed by atoms with Crippen molar-refractivity contribution in [1.29, 1.82) is 0 Å². The van der Waals surface area contributed by atoms with Crippen LogP contribution in [0.5, 0.6) is 0 Å². The van der Waals surface area contributed by atoms with Crippen LogP contribution < -0.4 is 5.73 Å². The van der Waals surface area contributed by atoms with E-state index in [-0.39, 0.29) is 6.09 Å². The molecule has 3 rings (SSSR count). The summed E-state index contributed by atoms with van der Waals surface area (Å²) in [4.78, 5) is 14.1. The van der Waals surface area contributed by atoms with Crippen LogP contribution in [0.15, 0.2) is 30.3 Å². The van der Waals surface area contributed by atoms with E-state index >= 15 is 0 Å². The lowest BCUT2D eigenvalue weighted by molar-refractivity contribution is 0.0951. The smallest absolute Gasteiger partial charge is 0.410 e. The molecule has 1 aromatic carbocycles. The SMILES string of the molecule is NC1CCC2(CC1)CCN(C(=O)OCc1ccccc1)C2. The Kier molecular flexibility index (Phi) is 4.15. The topological polar surface area (TPSA) is 55.6 Å². The summed E-state index contributed by atoms with van der Waals surface area (Å²) in [5, 5.41) is 0. The number of likely N-dealkylation sites (tertiary alicyclic amines) is 1. The molecule has 1 aliphatic carbocycles. The van der Waals surface area contributed by atoms with Crippen molar-refractivity contribution in [2.75, 3.05) is 13.1 Å². The Morgan fingerprint density at radius 2 is 1.95 bits per heavy atom. The van der Waals surface area contributed by atoms with E-state index < -0.39 is 0 Å². The molecule has 0 radical (unpaired) electrons. The average Bonchev–Trinajstić information content (AvgIpc) is 2.93. The van der Waals surface area contributed by atoms with Crippen molar-refractivity contribution in [3.63, 3.8) is 0 Å². The molecule has 1 saturated carbocycles. The van der Waals surface area contributed by atoms with E-state index in [9.17, 15) is 4.79 Å². The number of ether oxygens (including phenoxy) is 1. The van der Waals surface area contributed by atoms with Crippen LogP contribution in [0, 0.1) is 5.41 Å². The van der Waals surface area contributed by atoms with E-state index in [2.05, 4.69) is 0 Å². The zero-order valence-electron chi connectivity index (χ0n) is 12.5. The number of hydrogen-bond acceptors (Lipinski definition) is 3. The third-order valence-corrected chi connectivity index (χ3v) is 4.99. The second-order valence-electron chi connectivity index (χ2n) is 6.55. The van der Waals surface area contributed by atoms with Gasteiger partial charge in [-0.3, -0.25) is 0 Å². The van der Waals surface area contributed by atoms with Crippen LogP contribution in [0.3, 0.4) is 0 Å². The van der Waals surface area contributed by atoms with Crippen LogP contribution in [0.2, 0.25) is 0 Å². The van der Waals surface area contributed by atoms with Gasteiger partial charge in [0.25, 0.3) is 0 Å². The van der Waals surface area contributed by atoms with Gasteiger partial charge in [-0.05, 0) is 43.1 Å². The number of amides is 1. The molecular weight excluding hydrogens is 264 g/mol. The Labute approximate surface area is 126 Å². The van der Waals surface area contributed by atoms with Crippen molar-refractivity contribution in [2.45, 2.75) is 44.8 Å². The second-order valence-corrected chi connectivity index (χ2v) is 6.55. The van der Waals surface area contributed by atoms with Gasteiger partial charge in [0.2, 0.25) is 0 Å². The van der Waals surface area contributed by atoms with Gasteiger partial charge in [0, 0.05) is 19.1 Å². The second kappa shape index (κ2) is 6.06. The lowest BCUT2D eigenvalue weighted by Gasteiger charge is -2.35. The quantitative estimate of drug-likeness (QED) is 0.910. The molecule has 0 bridgehead atoms. The molecule has 0 aromatic heterocycles. The normalized spacial score (nSPS) is 28.8. The highest BCUT2D eigenvalue weighted by Gasteiger charge is 2.42. The highest BCUT2D eigenvalue weighted by atomic mass is 16.6. The van der Waals surface area contributed by atoms with Crippen molar-refractivity contribution in [2.24, 2.45) is 11.1 Å². The summed E-state index contributed by atoms with van der Waals surface area (Å²) >= 11 is 0. The molecule has 0 atom stereocenters. The first-order valence-electron chi connectivity index (χ1n) is 7.88. The Hall–Kier alpha value is -1.55. The van der Waals surface area contributed by atoms with Crippen LogP contribution >= 0.6 is 0 Å². The van der Waals surface area contributed by atoms with Gasteiger partial charge < -0.3 is 15.4 Å².